The Labute approximate surface area is 264 Å². The van der Waals surface area contributed by atoms with E-state index < -0.39 is 0 Å². The molecule has 0 bridgehead atoms. The second-order valence-electron chi connectivity index (χ2n) is 13.4. The van der Waals surface area contributed by atoms with Crippen LogP contribution in [0.3, 0.4) is 0 Å². The molecule has 0 atom stereocenters. The van der Waals surface area contributed by atoms with Crippen LogP contribution >= 0.6 is 11.3 Å². The molecule has 6 heteroatoms. The average Bonchev–Trinajstić information content (AvgIpc) is 3.60. The first-order chi connectivity index (χ1) is 21.9. The molecule has 0 unspecified atom stereocenters. The van der Waals surface area contributed by atoms with E-state index in [0.29, 0.717) is 0 Å². The molecule has 0 amide bonds. The molecular formula is C39H29N5S. The van der Waals surface area contributed by atoms with Crippen molar-refractivity contribution in [2.75, 3.05) is 4.90 Å². The third-order valence-electron chi connectivity index (χ3n) is 10.3. The molecule has 2 aliphatic rings. The number of pyridine rings is 1. The summed E-state index contributed by atoms with van der Waals surface area (Å²) in [4.78, 5) is 16.7. The minimum absolute atomic E-state index is 0.283. The van der Waals surface area contributed by atoms with Crippen molar-refractivity contribution in [3.63, 3.8) is 0 Å². The van der Waals surface area contributed by atoms with Gasteiger partial charge in [0.05, 0.1) is 39.0 Å². The molecule has 45 heavy (non-hydrogen) atoms. The zero-order valence-electron chi connectivity index (χ0n) is 25.5. The molecule has 216 valence electrons. The number of anilines is 3. The van der Waals surface area contributed by atoms with E-state index in [-0.39, 0.29) is 10.8 Å². The Balaban J connectivity index is 1.38. The number of hydrogen-bond donors (Lipinski definition) is 0. The Hall–Kier alpha value is -5.07. The molecule has 4 aromatic heterocycles. The van der Waals surface area contributed by atoms with Gasteiger partial charge in [-0.1, -0.05) is 68.4 Å². The second kappa shape index (κ2) is 8.34. The van der Waals surface area contributed by atoms with Gasteiger partial charge >= 0.3 is 0 Å². The van der Waals surface area contributed by atoms with Gasteiger partial charge in [-0.2, -0.15) is 0 Å². The number of hydrogen-bond acceptors (Lipinski definition) is 5. The summed E-state index contributed by atoms with van der Waals surface area (Å²) in [6.07, 6.45) is 5.52. The van der Waals surface area contributed by atoms with Crippen LogP contribution in [0.5, 0.6) is 0 Å². The topological polar surface area (TPSA) is 46.8 Å². The predicted octanol–water partition coefficient (Wildman–Crippen LogP) is 10.1. The Morgan fingerprint density at radius 3 is 2.31 bits per heavy atom. The molecule has 0 radical (unpaired) electrons. The maximum absolute atomic E-state index is 4.96. The van der Waals surface area contributed by atoms with Crippen LogP contribution in [0.2, 0.25) is 0 Å². The van der Waals surface area contributed by atoms with Crippen LogP contribution in [0.1, 0.15) is 50.1 Å². The van der Waals surface area contributed by atoms with Crippen molar-refractivity contribution in [2.24, 2.45) is 0 Å². The molecule has 5 nitrogen and oxygen atoms in total. The van der Waals surface area contributed by atoms with E-state index in [9.17, 15) is 0 Å². The number of nitrogens with zero attached hydrogens (tertiary/aromatic N) is 5. The first-order valence-electron chi connectivity index (χ1n) is 15.4. The van der Waals surface area contributed by atoms with E-state index in [4.69, 9.17) is 9.97 Å². The van der Waals surface area contributed by atoms with Gasteiger partial charge in [-0.25, -0.2) is 15.0 Å². The summed E-state index contributed by atoms with van der Waals surface area (Å²) < 4.78 is 5.16. The molecule has 0 spiro atoms. The SMILES string of the molecule is CC1(C)c2cccnc2N2c3cncnc3C(C)(C)c3cc(-n4c5ccccc5c5ccc6c7ccccc7sc6c54)cc1c32. The molecule has 0 saturated heterocycles. The third kappa shape index (κ3) is 3.05. The quantitative estimate of drug-likeness (QED) is 0.188. The van der Waals surface area contributed by atoms with Gasteiger partial charge in [-0.05, 0) is 55.3 Å². The van der Waals surface area contributed by atoms with Crippen molar-refractivity contribution in [2.45, 2.75) is 38.5 Å². The second-order valence-corrected chi connectivity index (χ2v) is 14.4. The average molecular weight is 600 g/mol. The van der Waals surface area contributed by atoms with Crippen molar-refractivity contribution in [1.29, 1.82) is 0 Å². The fourth-order valence-corrected chi connectivity index (χ4v) is 9.33. The maximum Gasteiger partial charge on any atom is 0.141 e. The van der Waals surface area contributed by atoms with E-state index in [0.717, 1.165) is 17.2 Å². The lowest BCUT2D eigenvalue weighted by Gasteiger charge is -2.48. The summed E-state index contributed by atoms with van der Waals surface area (Å²) in [5, 5.41) is 5.17. The monoisotopic (exact) mass is 599 g/mol. The molecule has 0 N–H and O–H groups in total. The zero-order valence-corrected chi connectivity index (χ0v) is 26.3. The van der Waals surface area contributed by atoms with E-state index in [1.165, 1.54) is 70.0 Å². The lowest BCUT2D eigenvalue weighted by molar-refractivity contribution is 0.579. The highest BCUT2D eigenvalue weighted by Crippen LogP contribution is 2.59. The maximum atomic E-state index is 4.96. The predicted molar refractivity (Wildman–Crippen MR) is 186 cm³/mol. The van der Waals surface area contributed by atoms with E-state index in [1.807, 2.05) is 23.7 Å². The number of thiophene rings is 1. The highest BCUT2D eigenvalue weighted by Gasteiger charge is 2.47. The minimum atomic E-state index is -0.358. The van der Waals surface area contributed by atoms with E-state index in [2.05, 4.69) is 127 Å². The Bertz CT molecular complexity index is 2490. The first-order valence-corrected chi connectivity index (χ1v) is 16.3. The van der Waals surface area contributed by atoms with Gasteiger partial charge in [0.25, 0.3) is 0 Å². The van der Waals surface area contributed by atoms with Crippen LogP contribution in [0.25, 0.3) is 47.7 Å². The number of rotatable bonds is 1. The van der Waals surface area contributed by atoms with Crippen LogP contribution in [0, 0.1) is 0 Å². The Morgan fingerprint density at radius 1 is 0.689 bits per heavy atom. The lowest BCUT2D eigenvalue weighted by atomic mass is 9.68. The standard InChI is InChI=1S/C39H29N5S/c1-38(2)27-12-9-17-41-37(27)44-31-20-40-21-42-36(31)39(3,4)29-19-22(18-28(38)34(29)44)43-30-13-7-5-10-23(30)25-15-16-26-24-11-6-8-14-32(24)45-35(26)33(25)43/h5-21H,1-4H3. The molecule has 6 heterocycles. The van der Waals surface area contributed by atoms with Gasteiger partial charge in [-0.3, -0.25) is 4.90 Å². The molecule has 0 saturated carbocycles. The minimum Gasteiger partial charge on any atom is -0.308 e. The lowest BCUT2D eigenvalue weighted by Crippen LogP contribution is -2.39. The number of fused-ring (bicyclic) bond motifs is 11. The smallest absolute Gasteiger partial charge is 0.141 e. The Morgan fingerprint density at radius 2 is 1.44 bits per heavy atom. The molecule has 10 rings (SSSR count). The summed E-state index contributed by atoms with van der Waals surface area (Å²) in [6, 6.07) is 31.4. The highest BCUT2D eigenvalue weighted by atomic mass is 32.1. The summed E-state index contributed by atoms with van der Waals surface area (Å²) in [7, 11) is 0. The third-order valence-corrected chi connectivity index (χ3v) is 11.5. The van der Waals surface area contributed by atoms with Crippen molar-refractivity contribution in [1.82, 2.24) is 19.5 Å². The van der Waals surface area contributed by atoms with Crippen LogP contribution in [-0.4, -0.2) is 19.5 Å². The van der Waals surface area contributed by atoms with Crippen LogP contribution < -0.4 is 4.90 Å². The van der Waals surface area contributed by atoms with Crippen molar-refractivity contribution < 1.29 is 0 Å². The van der Waals surface area contributed by atoms with E-state index in [1.54, 1.807) is 6.33 Å². The van der Waals surface area contributed by atoms with Crippen LogP contribution in [0.4, 0.5) is 17.2 Å². The number of para-hydroxylation sites is 1. The molecule has 8 aromatic rings. The number of aromatic nitrogens is 4. The van der Waals surface area contributed by atoms with E-state index >= 15 is 0 Å². The molecule has 0 fully saturated rings. The molecule has 0 aliphatic carbocycles. The van der Waals surface area contributed by atoms with Gasteiger partial charge in [-0.15, -0.1) is 11.3 Å². The summed E-state index contributed by atoms with van der Waals surface area (Å²) >= 11 is 1.89. The summed E-state index contributed by atoms with van der Waals surface area (Å²) in [5.74, 6) is 0.958. The molecule has 2 aliphatic heterocycles. The molecule has 4 aromatic carbocycles. The fourth-order valence-electron chi connectivity index (χ4n) is 8.08. The fraction of sp³-hybridized carbons (Fsp3) is 0.154. The van der Waals surface area contributed by atoms with Crippen molar-refractivity contribution >= 4 is 70.5 Å². The van der Waals surface area contributed by atoms with Gasteiger partial charge in [0.2, 0.25) is 0 Å². The van der Waals surface area contributed by atoms with Gasteiger partial charge in [0, 0.05) is 54.5 Å². The van der Waals surface area contributed by atoms with Gasteiger partial charge in [0.15, 0.2) is 0 Å². The van der Waals surface area contributed by atoms with Crippen LogP contribution in [-0.2, 0) is 10.8 Å². The molecular weight excluding hydrogens is 571 g/mol. The van der Waals surface area contributed by atoms with Gasteiger partial charge in [0.1, 0.15) is 12.1 Å². The van der Waals surface area contributed by atoms with Crippen LogP contribution in [0.15, 0.2) is 104 Å². The first kappa shape index (κ1) is 25.3. The van der Waals surface area contributed by atoms with Gasteiger partial charge < -0.3 is 4.57 Å². The Kier molecular flexibility index (Phi) is 4.69. The summed E-state index contributed by atoms with van der Waals surface area (Å²) in [5.41, 5.74) is 9.97. The summed E-state index contributed by atoms with van der Waals surface area (Å²) in [6.45, 7) is 9.27. The normalized spacial score (nSPS) is 15.9. The largest absolute Gasteiger partial charge is 0.308 e. The number of benzene rings is 4. The highest BCUT2D eigenvalue weighted by molar-refractivity contribution is 7.26. The zero-order chi connectivity index (χ0) is 30.2. The van der Waals surface area contributed by atoms with Crippen molar-refractivity contribution in [3.05, 3.63) is 126 Å². The van der Waals surface area contributed by atoms with Crippen molar-refractivity contribution in [3.8, 4) is 5.69 Å².